The molecule has 1 fully saturated rings. The molecule has 1 atom stereocenters. The van der Waals surface area contributed by atoms with Crippen LogP contribution in [0.5, 0.6) is 11.5 Å². The number of benzene rings is 2. The standard InChI is InChI=1S/C31H37N3O5/c1-4-38-25-14-7-8-15-26(25)39-24-13-10-18-34(21-24)28-17-9-16-27(32-28)33-29(35)19-22-11-5-6-12-23(22)20-31(2,3)30(36)37/h5-9,11-12,14-17,24H,4,10,13,18-21H2,1-3H3,(H,36,37)(H,32,33,35). The number of anilines is 2. The Labute approximate surface area is 230 Å². The first-order valence-electron chi connectivity index (χ1n) is 13.5. The maximum atomic E-state index is 12.9. The number of carbonyl (C=O) groups is 2. The summed E-state index contributed by atoms with van der Waals surface area (Å²) in [4.78, 5) is 31.4. The van der Waals surface area contributed by atoms with Crippen LogP contribution < -0.4 is 19.7 Å². The van der Waals surface area contributed by atoms with Gasteiger partial charge in [-0.25, -0.2) is 4.98 Å². The minimum atomic E-state index is -0.927. The molecule has 8 nitrogen and oxygen atoms in total. The fourth-order valence-electron chi connectivity index (χ4n) is 4.73. The predicted molar refractivity (Wildman–Crippen MR) is 152 cm³/mol. The molecule has 0 radical (unpaired) electrons. The lowest BCUT2D eigenvalue weighted by Crippen LogP contribution is -2.41. The van der Waals surface area contributed by atoms with E-state index >= 15 is 0 Å². The molecule has 1 amide bonds. The van der Waals surface area contributed by atoms with Gasteiger partial charge in [0.05, 0.1) is 25.0 Å². The number of nitrogens with one attached hydrogen (secondary N) is 1. The molecule has 1 aliphatic heterocycles. The molecule has 4 rings (SSSR count). The van der Waals surface area contributed by atoms with E-state index in [0.29, 0.717) is 25.4 Å². The van der Waals surface area contributed by atoms with Crippen molar-refractivity contribution in [3.63, 3.8) is 0 Å². The summed E-state index contributed by atoms with van der Waals surface area (Å²) >= 11 is 0. The molecular formula is C31H37N3O5. The monoisotopic (exact) mass is 531 g/mol. The molecule has 0 bridgehead atoms. The van der Waals surface area contributed by atoms with Crippen molar-refractivity contribution in [1.29, 1.82) is 0 Å². The fourth-order valence-corrected chi connectivity index (χ4v) is 4.73. The third-order valence-electron chi connectivity index (χ3n) is 6.83. The fraction of sp³-hybridized carbons (Fsp3) is 0.387. The van der Waals surface area contributed by atoms with E-state index in [4.69, 9.17) is 14.5 Å². The van der Waals surface area contributed by atoms with Gasteiger partial charge >= 0.3 is 5.97 Å². The molecule has 0 aliphatic carbocycles. The first kappa shape index (κ1) is 28.0. The van der Waals surface area contributed by atoms with Crippen molar-refractivity contribution in [1.82, 2.24) is 4.98 Å². The van der Waals surface area contributed by atoms with Gasteiger partial charge in [0.2, 0.25) is 5.91 Å². The van der Waals surface area contributed by atoms with E-state index in [1.165, 1.54) is 0 Å². The van der Waals surface area contributed by atoms with Gasteiger partial charge in [0.25, 0.3) is 0 Å². The quantitative estimate of drug-likeness (QED) is 0.343. The predicted octanol–water partition coefficient (Wildman–Crippen LogP) is 5.36. The van der Waals surface area contributed by atoms with Gasteiger partial charge in [0.1, 0.15) is 17.7 Å². The van der Waals surface area contributed by atoms with Crippen molar-refractivity contribution in [2.45, 2.75) is 52.6 Å². The molecule has 2 heterocycles. The number of para-hydroxylation sites is 2. The second kappa shape index (κ2) is 12.7. The molecule has 0 saturated carbocycles. The minimum absolute atomic E-state index is 0.00745. The summed E-state index contributed by atoms with van der Waals surface area (Å²) in [5.41, 5.74) is 0.736. The lowest BCUT2D eigenvalue weighted by molar-refractivity contribution is -0.146. The second-order valence-corrected chi connectivity index (χ2v) is 10.4. The summed E-state index contributed by atoms with van der Waals surface area (Å²) in [5.74, 6) is 1.67. The number of rotatable bonds is 11. The third kappa shape index (κ3) is 7.50. The van der Waals surface area contributed by atoms with Crippen LogP contribution in [0.25, 0.3) is 0 Å². The summed E-state index contributed by atoms with van der Waals surface area (Å²) in [5, 5.41) is 12.4. The number of aliphatic carboxylic acids is 1. The largest absolute Gasteiger partial charge is 0.490 e. The van der Waals surface area contributed by atoms with Crippen LogP contribution in [0, 0.1) is 5.41 Å². The van der Waals surface area contributed by atoms with Gasteiger partial charge in [-0.15, -0.1) is 0 Å². The van der Waals surface area contributed by atoms with Crippen LogP contribution in [0.2, 0.25) is 0 Å². The number of carboxylic acids is 1. The molecule has 0 spiro atoms. The lowest BCUT2D eigenvalue weighted by atomic mass is 9.84. The zero-order valence-corrected chi connectivity index (χ0v) is 22.9. The summed E-state index contributed by atoms with van der Waals surface area (Å²) in [6, 6.07) is 20.8. The van der Waals surface area contributed by atoms with E-state index in [1.807, 2.05) is 67.6 Å². The van der Waals surface area contributed by atoms with Crippen LogP contribution in [0.15, 0.2) is 66.7 Å². The number of carboxylic acid groups (broad SMARTS) is 1. The SMILES string of the molecule is CCOc1ccccc1OC1CCCN(c2cccc(NC(=O)Cc3ccccc3CC(C)(C)C(=O)O)n2)C1. The van der Waals surface area contributed by atoms with Crippen molar-refractivity contribution in [3.8, 4) is 11.5 Å². The van der Waals surface area contributed by atoms with Gasteiger partial charge < -0.3 is 24.8 Å². The molecule has 39 heavy (non-hydrogen) atoms. The van der Waals surface area contributed by atoms with Crippen LogP contribution in [-0.2, 0) is 22.4 Å². The maximum absolute atomic E-state index is 12.9. The van der Waals surface area contributed by atoms with Gasteiger partial charge in [-0.1, -0.05) is 42.5 Å². The second-order valence-electron chi connectivity index (χ2n) is 10.4. The van der Waals surface area contributed by atoms with Gasteiger partial charge in [-0.05, 0) is 75.4 Å². The zero-order chi connectivity index (χ0) is 27.8. The molecular weight excluding hydrogens is 494 g/mol. The van der Waals surface area contributed by atoms with Crippen LogP contribution in [0.1, 0.15) is 44.7 Å². The number of amides is 1. The number of ether oxygens (including phenoxy) is 2. The van der Waals surface area contributed by atoms with E-state index in [2.05, 4.69) is 10.2 Å². The summed E-state index contributed by atoms with van der Waals surface area (Å²) in [6.45, 7) is 7.44. The van der Waals surface area contributed by atoms with Crippen molar-refractivity contribution < 1.29 is 24.2 Å². The minimum Gasteiger partial charge on any atom is -0.490 e. The van der Waals surface area contributed by atoms with Crippen molar-refractivity contribution in [3.05, 3.63) is 77.9 Å². The summed E-state index contributed by atoms with van der Waals surface area (Å²) in [7, 11) is 0. The van der Waals surface area contributed by atoms with E-state index in [9.17, 15) is 14.7 Å². The third-order valence-corrected chi connectivity index (χ3v) is 6.83. The molecule has 1 aliphatic rings. The Kier molecular flexibility index (Phi) is 9.07. The maximum Gasteiger partial charge on any atom is 0.309 e. The van der Waals surface area contributed by atoms with Crippen LogP contribution in [-0.4, -0.2) is 47.8 Å². The van der Waals surface area contributed by atoms with E-state index in [-0.39, 0.29) is 18.4 Å². The first-order chi connectivity index (χ1) is 18.7. The number of hydrogen-bond acceptors (Lipinski definition) is 6. The zero-order valence-electron chi connectivity index (χ0n) is 22.9. The average Bonchev–Trinajstić information content (AvgIpc) is 2.91. The van der Waals surface area contributed by atoms with Crippen molar-refractivity contribution in [2.75, 3.05) is 29.9 Å². The van der Waals surface area contributed by atoms with Gasteiger partial charge in [0.15, 0.2) is 11.5 Å². The highest BCUT2D eigenvalue weighted by molar-refractivity contribution is 5.91. The molecule has 2 N–H and O–H groups in total. The Balaban J connectivity index is 1.40. The van der Waals surface area contributed by atoms with E-state index in [0.717, 1.165) is 47.8 Å². The topological polar surface area (TPSA) is 101 Å². The summed E-state index contributed by atoms with van der Waals surface area (Å²) in [6.07, 6.45) is 2.37. The summed E-state index contributed by atoms with van der Waals surface area (Å²) < 4.78 is 12.0. The Morgan fingerprint density at radius 2 is 1.74 bits per heavy atom. The van der Waals surface area contributed by atoms with Crippen LogP contribution in [0.4, 0.5) is 11.6 Å². The lowest BCUT2D eigenvalue weighted by Gasteiger charge is -2.34. The van der Waals surface area contributed by atoms with Crippen LogP contribution >= 0.6 is 0 Å². The number of pyridine rings is 1. The number of aromatic nitrogens is 1. The highest BCUT2D eigenvalue weighted by Crippen LogP contribution is 2.30. The highest BCUT2D eigenvalue weighted by atomic mass is 16.5. The van der Waals surface area contributed by atoms with Gasteiger partial charge in [-0.3, -0.25) is 9.59 Å². The molecule has 1 aromatic heterocycles. The van der Waals surface area contributed by atoms with Crippen LogP contribution in [0.3, 0.4) is 0 Å². The normalized spacial score (nSPS) is 15.5. The number of piperidine rings is 1. The highest BCUT2D eigenvalue weighted by Gasteiger charge is 2.28. The number of carbonyl (C=O) groups excluding carboxylic acids is 1. The van der Waals surface area contributed by atoms with Gasteiger partial charge in [-0.2, -0.15) is 0 Å². The Hall–Kier alpha value is -4.07. The van der Waals surface area contributed by atoms with E-state index < -0.39 is 11.4 Å². The Morgan fingerprint density at radius 3 is 2.49 bits per heavy atom. The molecule has 1 saturated heterocycles. The Morgan fingerprint density at radius 1 is 1.03 bits per heavy atom. The average molecular weight is 532 g/mol. The molecule has 206 valence electrons. The molecule has 1 unspecified atom stereocenters. The first-order valence-corrected chi connectivity index (χ1v) is 13.5. The van der Waals surface area contributed by atoms with E-state index in [1.54, 1.807) is 19.9 Å². The molecule has 8 heteroatoms. The molecule has 2 aromatic carbocycles. The van der Waals surface area contributed by atoms with Gasteiger partial charge in [0, 0.05) is 6.54 Å². The number of nitrogens with zero attached hydrogens (tertiary/aromatic N) is 2. The van der Waals surface area contributed by atoms with Crippen molar-refractivity contribution in [2.24, 2.45) is 5.41 Å². The molecule has 3 aromatic rings. The number of hydrogen-bond donors (Lipinski definition) is 2. The Bertz CT molecular complexity index is 1290. The van der Waals surface area contributed by atoms with Crippen molar-refractivity contribution >= 4 is 23.5 Å². The smallest absolute Gasteiger partial charge is 0.309 e.